The molecule has 3 rings (SSSR count). The highest BCUT2D eigenvalue weighted by Gasteiger charge is 2.46. The third kappa shape index (κ3) is 1.37. The van der Waals surface area contributed by atoms with Crippen LogP contribution in [0.1, 0.15) is 11.1 Å². The van der Waals surface area contributed by atoms with Crippen LogP contribution in [0.25, 0.3) is 0 Å². The van der Waals surface area contributed by atoms with Crippen molar-refractivity contribution in [2.75, 3.05) is 0 Å². The molecule has 1 aromatic carbocycles. The summed E-state index contributed by atoms with van der Waals surface area (Å²) in [6.07, 6.45) is 4.34. The lowest BCUT2D eigenvalue weighted by Crippen LogP contribution is -2.43. The van der Waals surface area contributed by atoms with Crippen molar-refractivity contribution in [3.63, 3.8) is 0 Å². The number of hydrogen-bond acceptors (Lipinski definition) is 2. The number of aliphatic carboxylic acids is 1. The van der Waals surface area contributed by atoms with Crippen LogP contribution in [0.3, 0.4) is 0 Å². The van der Waals surface area contributed by atoms with Crippen LogP contribution in [-0.4, -0.2) is 20.9 Å². The van der Waals surface area contributed by atoms with Gasteiger partial charge in [0, 0.05) is 25.2 Å². The van der Waals surface area contributed by atoms with Crippen LogP contribution in [-0.2, 0) is 23.2 Å². The topological polar surface area (TPSA) is 55.1 Å². The second-order valence-corrected chi connectivity index (χ2v) is 4.41. The molecular weight excluding hydrogens is 216 g/mol. The highest BCUT2D eigenvalue weighted by atomic mass is 16.4. The van der Waals surface area contributed by atoms with E-state index in [2.05, 4.69) is 5.10 Å². The maximum absolute atomic E-state index is 11.6. The Morgan fingerprint density at radius 2 is 1.88 bits per heavy atom. The summed E-state index contributed by atoms with van der Waals surface area (Å²) >= 11 is 0. The summed E-state index contributed by atoms with van der Waals surface area (Å²) in [6, 6.07) is 9.63. The molecule has 0 radical (unpaired) electrons. The van der Waals surface area contributed by atoms with Gasteiger partial charge in [-0.3, -0.25) is 4.68 Å². The Kier molecular flexibility index (Phi) is 2.04. The summed E-state index contributed by atoms with van der Waals surface area (Å²) in [5.74, 6) is -0.822. The van der Waals surface area contributed by atoms with Crippen molar-refractivity contribution < 1.29 is 9.90 Å². The Balaban J connectivity index is 2.10. The molecule has 1 aliphatic carbocycles. The van der Waals surface area contributed by atoms with Crippen molar-refractivity contribution in [3.05, 3.63) is 53.9 Å². The average molecular weight is 228 g/mol. The van der Waals surface area contributed by atoms with Crippen molar-refractivity contribution in [3.8, 4) is 0 Å². The van der Waals surface area contributed by atoms with Crippen LogP contribution in [0.2, 0.25) is 0 Å². The number of hydrogen-bond donors (Lipinski definition) is 1. The Morgan fingerprint density at radius 1 is 1.24 bits per heavy atom. The molecule has 0 aliphatic heterocycles. The number of nitrogens with zero attached hydrogens (tertiary/aromatic N) is 2. The summed E-state index contributed by atoms with van der Waals surface area (Å²) in [4.78, 5) is 11.6. The SMILES string of the molecule is O=C(O)C1(n2cccn2)Cc2ccccc2C1. The molecule has 1 aliphatic rings. The second-order valence-electron chi connectivity index (χ2n) is 4.41. The van der Waals surface area contributed by atoms with Gasteiger partial charge in [0.1, 0.15) is 0 Å². The van der Waals surface area contributed by atoms with Gasteiger partial charge in [0.2, 0.25) is 0 Å². The van der Waals surface area contributed by atoms with Crippen molar-refractivity contribution in [2.24, 2.45) is 0 Å². The quantitative estimate of drug-likeness (QED) is 0.846. The van der Waals surface area contributed by atoms with E-state index in [1.54, 1.807) is 23.1 Å². The van der Waals surface area contributed by atoms with E-state index in [1.807, 2.05) is 24.3 Å². The third-order valence-corrected chi connectivity index (χ3v) is 3.43. The molecule has 0 fully saturated rings. The first-order valence-electron chi connectivity index (χ1n) is 5.53. The predicted octanol–water partition coefficient (Wildman–Crippen LogP) is 1.46. The molecule has 2 aromatic rings. The minimum absolute atomic E-state index is 0.500. The smallest absolute Gasteiger partial charge is 0.332 e. The van der Waals surface area contributed by atoms with E-state index in [4.69, 9.17) is 0 Å². The maximum Gasteiger partial charge on any atom is 0.332 e. The number of rotatable bonds is 2. The fourth-order valence-electron chi connectivity index (χ4n) is 2.53. The van der Waals surface area contributed by atoms with Gasteiger partial charge in [-0.15, -0.1) is 0 Å². The van der Waals surface area contributed by atoms with Crippen LogP contribution >= 0.6 is 0 Å². The van der Waals surface area contributed by atoms with Gasteiger partial charge in [0.05, 0.1) is 0 Å². The van der Waals surface area contributed by atoms with E-state index in [1.165, 1.54) is 0 Å². The van der Waals surface area contributed by atoms with Crippen molar-refractivity contribution in [1.82, 2.24) is 9.78 Å². The molecule has 4 nitrogen and oxygen atoms in total. The number of aromatic nitrogens is 2. The highest BCUT2D eigenvalue weighted by Crippen LogP contribution is 2.35. The lowest BCUT2D eigenvalue weighted by Gasteiger charge is -2.24. The van der Waals surface area contributed by atoms with E-state index < -0.39 is 11.5 Å². The first-order chi connectivity index (χ1) is 8.22. The molecule has 1 N–H and O–H groups in total. The van der Waals surface area contributed by atoms with Gasteiger partial charge in [-0.25, -0.2) is 4.79 Å². The van der Waals surface area contributed by atoms with Crippen LogP contribution in [0.15, 0.2) is 42.7 Å². The number of benzene rings is 1. The minimum Gasteiger partial charge on any atom is -0.479 e. The molecule has 0 amide bonds. The van der Waals surface area contributed by atoms with Gasteiger partial charge >= 0.3 is 5.97 Å². The molecular formula is C13H12N2O2. The molecule has 0 spiro atoms. The zero-order valence-corrected chi connectivity index (χ0v) is 9.21. The molecule has 1 aromatic heterocycles. The van der Waals surface area contributed by atoms with E-state index >= 15 is 0 Å². The minimum atomic E-state index is -0.951. The van der Waals surface area contributed by atoms with Crippen LogP contribution in [0.4, 0.5) is 0 Å². The van der Waals surface area contributed by atoms with Gasteiger partial charge in [-0.1, -0.05) is 24.3 Å². The highest BCUT2D eigenvalue weighted by molar-refractivity contribution is 5.79. The van der Waals surface area contributed by atoms with Crippen LogP contribution in [0, 0.1) is 0 Å². The van der Waals surface area contributed by atoms with Crippen LogP contribution in [0.5, 0.6) is 0 Å². The zero-order chi connectivity index (χ0) is 11.9. The fraction of sp³-hybridized carbons (Fsp3) is 0.231. The van der Waals surface area contributed by atoms with E-state index in [0.29, 0.717) is 12.8 Å². The zero-order valence-electron chi connectivity index (χ0n) is 9.21. The molecule has 0 atom stereocenters. The third-order valence-electron chi connectivity index (χ3n) is 3.43. The normalized spacial score (nSPS) is 16.7. The summed E-state index contributed by atoms with van der Waals surface area (Å²) < 4.78 is 1.56. The summed E-state index contributed by atoms with van der Waals surface area (Å²) in [5.41, 5.74) is 1.25. The Labute approximate surface area is 98.5 Å². The predicted molar refractivity (Wildman–Crippen MR) is 61.7 cm³/mol. The van der Waals surface area contributed by atoms with Gasteiger partial charge < -0.3 is 5.11 Å². The first kappa shape index (κ1) is 10.1. The van der Waals surface area contributed by atoms with Gasteiger partial charge in [-0.2, -0.15) is 5.10 Å². The fourth-order valence-corrected chi connectivity index (χ4v) is 2.53. The second kappa shape index (κ2) is 3.45. The number of fused-ring (bicyclic) bond motifs is 1. The van der Waals surface area contributed by atoms with Crippen LogP contribution < -0.4 is 0 Å². The number of carboxylic acids is 1. The van der Waals surface area contributed by atoms with Gasteiger partial charge in [0.15, 0.2) is 5.54 Å². The molecule has 0 bridgehead atoms. The van der Waals surface area contributed by atoms with E-state index in [0.717, 1.165) is 11.1 Å². The maximum atomic E-state index is 11.6. The Hall–Kier alpha value is -2.10. The first-order valence-corrected chi connectivity index (χ1v) is 5.53. The number of carbonyl (C=O) groups is 1. The summed E-state index contributed by atoms with van der Waals surface area (Å²) in [7, 11) is 0. The molecule has 0 saturated carbocycles. The van der Waals surface area contributed by atoms with E-state index in [-0.39, 0.29) is 0 Å². The lowest BCUT2D eigenvalue weighted by atomic mass is 9.96. The van der Waals surface area contributed by atoms with Crippen molar-refractivity contribution in [1.29, 1.82) is 0 Å². The largest absolute Gasteiger partial charge is 0.479 e. The standard InChI is InChI=1S/C13H12N2O2/c16-12(17)13(15-7-3-6-14-15)8-10-4-1-2-5-11(10)9-13/h1-7H,8-9H2,(H,16,17). The van der Waals surface area contributed by atoms with Crippen molar-refractivity contribution in [2.45, 2.75) is 18.4 Å². The summed E-state index contributed by atoms with van der Waals surface area (Å²) in [5, 5.41) is 13.7. The molecule has 1 heterocycles. The number of carboxylic acid groups (broad SMARTS) is 1. The molecule has 0 saturated heterocycles. The monoisotopic (exact) mass is 228 g/mol. The summed E-state index contributed by atoms with van der Waals surface area (Å²) in [6.45, 7) is 0. The lowest BCUT2D eigenvalue weighted by molar-refractivity contribution is -0.147. The molecule has 86 valence electrons. The van der Waals surface area contributed by atoms with E-state index in [9.17, 15) is 9.90 Å². The Bertz CT molecular complexity index is 536. The van der Waals surface area contributed by atoms with Gasteiger partial charge in [0.25, 0.3) is 0 Å². The molecule has 0 unspecified atom stereocenters. The van der Waals surface area contributed by atoms with Gasteiger partial charge in [-0.05, 0) is 17.2 Å². The molecule has 4 heteroatoms. The van der Waals surface area contributed by atoms with Crippen molar-refractivity contribution >= 4 is 5.97 Å². The molecule has 17 heavy (non-hydrogen) atoms. The average Bonchev–Trinajstić information content (AvgIpc) is 2.96. The Morgan fingerprint density at radius 3 is 2.35 bits per heavy atom.